The van der Waals surface area contributed by atoms with Crippen LogP contribution in [0.3, 0.4) is 0 Å². The van der Waals surface area contributed by atoms with Crippen LogP contribution in [0.2, 0.25) is 0 Å². The predicted octanol–water partition coefficient (Wildman–Crippen LogP) is 3.43. The van der Waals surface area contributed by atoms with E-state index in [9.17, 15) is 13.6 Å². The Morgan fingerprint density at radius 2 is 2.19 bits per heavy atom. The Balaban J connectivity index is 1.40. The van der Waals surface area contributed by atoms with Crippen molar-refractivity contribution < 1.29 is 13.6 Å². The standard InChI is InChI=1S/C18H16F2N4OS/c19-11-3-4-13(14(20)8-11)18(25)21-12-5-6-24(10-12)17-9-15(22-23-17)16-2-1-7-26-16/h1-4,7-9,12H,5-6,10H2,(H,21,25)(H,22,23)/t12-/m1/s1. The van der Waals surface area contributed by atoms with E-state index < -0.39 is 17.5 Å². The molecule has 1 fully saturated rings. The number of thiophene rings is 1. The maximum atomic E-state index is 13.7. The van der Waals surface area contributed by atoms with Crippen molar-refractivity contribution in [3.05, 3.63) is 59.0 Å². The third-order valence-corrected chi connectivity index (χ3v) is 5.28. The van der Waals surface area contributed by atoms with Gasteiger partial charge in [0.15, 0.2) is 5.82 Å². The van der Waals surface area contributed by atoms with Crippen LogP contribution in [0.1, 0.15) is 16.8 Å². The van der Waals surface area contributed by atoms with Gasteiger partial charge >= 0.3 is 0 Å². The quantitative estimate of drug-likeness (QED) is 0.736. The Hall–Kier alpha value is -2.74. The van der Waals surface area contributed by atoms with Gasteiger partial charge in [0, 0.05) is 31.3 Å². The average molecular weight is 374 g/mol. The van der Waals surface area contributed by atoms with Crippen LogP contribution in [-0.2, 0) is 0 Å². The second kappa shape index (κ2) is 6.87. The van der Waals surface area contributed by atoms with Gasteiger partial charge in [-0.2, -0.15) is 5.10 Å². The van der Waals surface area contributed by atoms with E-state index in [1.807, 2.05) is 23.6 Å². The smallest absolute Gasteiger partial charge is 0.254 e. The van der Waals surface area contributed by atoms with Crippen molar-refractivity contribution in [3.8, 4) is 10.6 Å². The number of hydrogen-bond acceptors (Lipinski definition) is 4. The molecule has 3 heterocycles. The summed E-state index contributed by atoms with van der Waals surface area (Å²) in [6.07, 6.45) is 0.732. The maximum absolute atomic E-state index is 13.7. The molecule has 1 aliphatic rings. The molecule has 26 heavy (non-hydrogen) atoms. The van der Waals surface area contributed by atoms with Gasteiger partial charge in [-0.15, -0.1) is 11.3 Å². The van der Waals surface area contributed by atoms with Crippen molar-refractivity contribution in [3.63, 3.8) is 0 Å². The number of nitrogens with one attached hydrogen (secondary N) is 2. The van der Waals surface area contributed by atoms with E-state index in [0.29, 0.717) is 12.6 Å². The lowest BCUT2D eigenvalue weighted by Gasteiger charge is -2.16. The van der Waals surface area contributed by atoms with E-state index in [1.54, 1.807) is 11.3 Å². The van der Waals surface area contributed by atoms with E-state index >= 15 is 0 Å². The van der Waals surface area contributed by atoms with Gasteiger partial charge in [-0.25, -0.2) is 8.78 Å². The van der Waals surface area contributed by atoms with Gasteiger partial charge < -0.3 is 10.2 Å². The molecule has 0 spiro atoms. The highest BCUT2D eigenvalue weighted by Crippen LogP contribution is 2.27. The number of rotatable bonds is 4. The highest BCUT2D eigenvalue weighted by Gasteiger charge is 2.26. The van der Waals surface area contributed by atoms with Crippen molar-refractivity contribution in [2.45, 2.75) is 12.5 Å². The molecular weight excluding hydrogens is 358 g/mol. The zero-order chi connectivity index (χ0) is 18.1. The van der Waals surface area contributed by atoms with Crippen LogP contribution >= 0.6 is 11.3 Å². The zero-order valence-corrected chi connectivity index (χ0v) is 14.5. The molecule has 5 nitrogen and oxygen atoms in total. The first-order valence-electron chi connectivity index (χ1n) is 8.20. The van der Waals surface area contributed by atoms with Gasteiger partial charge in [0.1, 0.15) is 11.6 Å². The summed E-state index contributed by atoms with van der Waals surface area (Å²) in [5, 5.41) is 12.2. The molecule has 0 unspecified atom stereocenters. The molecule has 1 atom stereocenters. The molecule has 4 rings (SSSR count). The van der Waals surface area contributed by atoms with E-state index in [2.05, 4.69) is 20.4 Å². The fourth-order valence-corrected chi connectivity index (χ4v) is 3.75. The van der Waals surface area contributed by atoms with Gasteiger partial charge in [-0.3, -0.25) is 9.89 Å². The molecular formula is C18H16F2N4OS. The highest BCUT2D eigenvalue weighted by atomic mass is 32.1. The number of aromatic amines is 1. The van der Waals surface area contributed by atoms with Gasteiger partial charge in [-0.05, 0) is 30.0 Å². The summed E-state index contributed by atoms with van der Waals surface area (Å²) in [6, 6.07) is 8.82. The minimum absolute atomic E-state index is 0.117. The van der Waals surface area contributed by atoms with Crippen molar-refractivity contribution >= 4 is 23.1 Å². The first-order valence-corrected chi connectivity index (χ1v) is 9.08. The van der Waals surface area contributed by atoms with Crippen LogP contribution in [0.5, 0.6) is 0 Å². The Morgan fingerprint density at radius 1 is 1.31 bits per heavy atom. The van der Waals surface area contributed by atoms with E-state index in [-0.39, 0.29) is 11.6 Å². The van der Waals surface area contributed by atoms with Crippen LogP contribution in [0.25, 0.3) is 10.6 Å². The number of aromatic nitrogens is 2. The van der Waals surface area contributed by atoms with Gasteiger partial charge in [0.25, 0.3) is 5.91 Å². The number of benzene rings is 1. The van der Waals surface area contributed by atoms with Crippen LogP contribution in [-0.4, -0.2) is 35.2 Å². The molecule has 1 aromatic carbocycles. The number of anilines is 1. The fraction of sp³-hybridized carbons (Fsp3) is 0.222. The third kappa shape index (κ3) is 3.32. The molecule has 3 aromatic rings. The van der Waals surface area contributed by atoms with E-state index in [4.69, 9.17) is 0 Å². The maximum Gasteiger partial charge on any atom is 0.254 e. The largest absolute Gasteiger partial charge is 0.353 e. The molecule has 0 aliphatic carbocycles. The lowest BCUT2D eigenvalue weighted by Crippen LogP contribution is -2.37. The number of halogens is 2. The van der Waals surface area contributed by atoms with Crippen LogP contribution < -0.4 is 10.2 Å². The predicted molar refractivity (Wildman–Crippen MR) is 96.3 cm³/mol. The molecule has 2 aromatic heterocycles. The van der Waals surface area contributed by atoms with Gasteiger partial charge in [-0.1, -0.05) is 6.07 Å². The third-order valence-electron chi connectivity index (χ3n) is 4.37. The normalized spacial score (nSPS) is 16.8. The van der Waals surface area contributed by atoms with E-state index in [1.165, 1.54) is 0 Å². The molecule has 0 saturated carbocycles. The fourth-order valence-electron chi connectivity index (χ4n) is 3.05. The number of carbonyl (C=O) groups is 1. The number of hydrogen-bond donors (Lipinski definition) is 2. The number of amides is 1. The van der Waals surface area contributed by atoms with Crippen molar-refractivity contribution in [2.75, 3.05) is 18.0 Å². The Kier molecular flexibility index (Phi) is 4.42. The summed E-state index contributed by atoms with van der Waals surface area (Å²) in [5.41, 5.74) is 0.806. The van der Waals surface area contributed by atoms with Crippen molar-refractivity contribution in [1.29, 1.82) is 0 Å². The first-order chi connectivity index (χ1) is 12.6. The molecule has 2 N–H and O–H groups in total. The summed E-state index contributed by atoms with van der Waals surface area (Å²) in [5.74, 6) is -1.27. The van der Waals surface area contributed by atoms with Crippen LogP contribution in [0.4, 0.5) is 14.6 Å². The minimum Gasteiger partial charge on any atom is -0.353 e. The highest BCUT2D eigenvalue weighted by molar-refractivity contribution is 7.13. The second-order valence-corrected chi connectivity index (χ2v) is 7.09. The molecule has 0 bridgehead atoms. The zero-order valence-electron chi connectivity index (χ0n) is 13.7. The Morgan fingerprint density at radius 3 is 2.96 bits per heavy atom. The average Bonchev–Trinajstić information content (AvgIpc) is 3.35. The monoisotopic (exact) mass is 374 g/mol. The van der Waals surface area contributed by atoms with Crippen molar-refractivity contribution in [2.24, 2.45) is 0 Å². The number of carbonyl (C=O) groups excluding carboxylic acids is 1. The summed E-state index contributed by atoms with van der Waals surface area (Å²) < 4.78 is 26.7. The van der Waals surface area contributed by atoms with Gasteiger partial charge in [0.05, 0.1) is 16.1 Å². The van der Waals surface area contributed by atoms with Gasteiger partial charge in [0.2, 0.25) is 0 Å². The van der Waals surface area contributed by atoms with Crippen molar-refractivity contribution in [1.82, 2.24) is 15.5 Å². The Labute approximate surface area is 152 Å². The molecule has 1 aliphatic heterocycles. The first kappa shape index (κ1) is 16.7. The van der Waals surface area contributed by atoms with Crippen LogP contribution in [0.15, 0.2) is 41.8 Å². The van der Waals surface area contributed by atoms with E-state index in [0.717, 1.165) is 41.5 Å². The minimum atomic E-state index is -0.856. The molecule has 8 heteroatoms. The lowest BCUT2D eigenvalue weighted by atomic mass is 10.1. The topological polar surface area (TPSA) is 61.0 Å². The Bertz CT molecular complexity index is 925. The summed E-state index contributed by atoms with van der Waals surface area (Å²) in [4.78, 5) is 15.4. The summed E-state index contributed by atoms with van der Waals surface area (Å²) >= 11 is 1.63. The number of H-pyrrole nitrogens is 1. The van der Waals surface area contributed by atoms with Crippen LogP contribution in [0, 0.1) is 11.6 Å². The summed E-state index contributed by atoms with van der Waals surface area (Å²) in [7, 11) is 0. The lowest BCUT2D eigenvalue weighted by molar-refractivity contribution is 0.0936. The second-order valence-electron chi connectivity index (χ2n) is 6.15. The number of nitrogens with zero attached hydrogens (tertiary/aromatic N) is 2. The SMILES string of the molecule is O=C(N[C@@H]1CCN(c2cc(-c3cccs3)[nH]n2)C1)c1ccc(F)cc1F. The molecule has 0 radical (unpaired) electrons. The molecule has 1 amide bonds. The summed E-state index contributed by atoms with van der Waals surface area (Å²) in [6.45, 7) is 1.33. The molecule has 134 valence electrons. The molecule has 1 saturated heterocycles.